The summed E-state index contributed by atoms with van der Waals surface area (Å²) >= 11 is 1.42. The van der Waals surface area contributed by atoms with Gasteiger partial charge in [0.2, 0.25) is 0 Å². The van der Waals surface area contributed by atoms with E-state index in [1.165, 1.54) is 11.3 Å². The maximum atomic E-state index is 12.1. The smallest absolute Gasteiger partial charge is 0.252 e. The molecule has 1 aromatic heterocycles. The number of piperazine rings is 1. The largest absolute Gasteiger partial charge is 0.384 e. The van der Waals surface area contributed by atoms with Crippen molar-refractivity contribution in [3.63, 3.8) is 0 Å². The highest BCUT2D eigenvalue weighted by Crippen LogP contribution is 2.13. The van der Waals surface area contributed by atoms with Crippen LogP contribution >= 0.6 is 11.3 Å². The van der Waals surface area contributed by atoms with E-state index in [-0.39, 0.29) is 12.5 Å². The van der Waals surface area contributed by atoms with Gasteiger partial charge >= 0.3 is 0 Å². The first-order valence-corrected chi connectivity index (χ1v) is 7.83. The van der Waals surface area contributed by atoms with Crippen molar-refractivity contribution < 1.29 is 9.90 Å². The van der Waals surface area contributed by atoms with Crippen LogP contribution in [0.4, 0.5) is 0 Å². The van der Waals surface area contributed by atoms with Crippen LogP contribution in [0, 0.1) is 11.8 Å². The molecule has 1 aromatic rings. The number of hydrogen-bond acceptors (Lipinski definition) is 5. The topological polar surface area (TPSA) is 55.8 Å². The molecule has 0 bridgehead atoms. The Labute approximate surface area is 129 Å². The summed E-state index contributed by atoms with van der Waals surface area (Å²) in [4.78, 5) is 17.5. The molecule has 5 nitrogen and oxygen atoms in total. The summed E-state index contributed by atoms with van der Waals surface area (Å²) in [6, 6.07) is 2.11. The van der Waals surface area contributed by atoms with E-state index in [1.54, 1.807) is 11.4 Å². The molecule has 1 amide bonds. The Hall–Kier alpha value is -1.39. The Morgan fingerprint density at radius 3 is 3.10 bits per heavy atom. The standard InChI is InChI=1S/C15H21N3O2S/c1-17-5-6-18(2)13(10-17)9-16-15(20)12-8-14(21-11-12)4-3-7-19/h8,11,13,19H,5-7,9-10H2,1-2H3,(H,16,20). The van der Waals surface area contributed by atoms with Crippen molar-refractivity contribution in [1.82, 2.24) is 15.1 Å². The molecule has 1 aliphatic rings. The first-order chi connectivity index (χ1) is 10.1. The van der Waals surface area contributed by atoms with Crippen molar-refractivity contribution in [3.8, 4) is 11.8 Å². The molecule has 1 saturated heterocycles. The Morgan fingerprint density at radius 2 is 2.33 bits per heavy atom. The predicted molar refractivity (Wildman–Crippen MR) is 84.5 cm³/mol. The third-order valence-corrected chi connectivity index (χ3v) is 4.48. The van der Waals surface area contributed by atoms with E-state index in [0.717, 1.165) is 24.5 Å². The second kappa shape index (κ2) is 7.57. The highest BCUT2D eigenvalue weighted by Gasteiger charge is 2.22. The van der Waals surface area contributed by atoms with Crippen molar-refractivity contribution in [2.24, 2.45) is 0 Å². The van der Waals surface area contributed by atoms with Crippen molar-refractivity contribution >= 4 is 17.2 Å². The first kappa shape index (κ1) is 16.0. The van der Waals surface area contributed by atoms with E-state index >= 15 is 0 Å². The zero-order chi connectivity index (χ0) is 15.2. The second-order valence-electron chi connectivity index (χ2n) is 5.27. The van der Waals surface area contributed by atoms with Gasteiger partial charge in [-0.25, -0.2) is 0 Å². The van der Waals surface area contributed by atoms with E-state index < -0.39 is 0 Å². The maximum absolute atomic E-state index is 12.1. The van der Waals surface area contributed by atoms with Crippen molar-refractivity contribution in [2.45, 2.75) is 6.04 Å². The summed E-state index contributed by atoms with van der Waals surface area (Å²) in [5.74, 6) is 5.33. The fraction of sp³-hybridized carbons (Fsp3) is 0.533. The molecule has 1 fully saturated rings. The van der Waals surface area contributed by atoms with Gasteiger partial charge in [0.05, 0.1) is 10.4 Å². The molecule has 6 heteroatoms. The summed E-state index contributed by atoms with van der Waals surface area (Å²) in [5, 5.41) is 13.5. The minimum atomic E-state index is -0.166. The molecule has 0 saturated carbocycles. The van der Waals surface area contributed by atoms with E-state index in [1.807, 2.05) is 0 Å². The number of aliphatic hydroxyl groups is 1. The molecule has 0 radical (unpaired) electrons. The highest BCUT2D eigenvalue weighted by molar-refractivity contribution is 7.10. The van der Waals surface area contributed by atoms with Crippen LogP contribution in [-0.2, 0) is 0 Å². The Balaban J connectivity index is 1.88. The van der Waals surface area contributed by atoms with Gasteiger partial charge in [-0.1, -0.05) is 11.8 Å². The zero-order valence-corrected chi connectivity index (χ0v) is 13.2. The van der Waals surface area contributed by atoms with Gasteiger partial charge in [0.15, 0.2) is 0 Å². The molecule has 1 aliphatic heterocycles. The average Bonchev–Trinajstić information content (AvgIpc) is 2.94. The Bertz CT molecular complexity index is 547. The zero-order valence-electron chi connectivity index (χ0n) is 12.4. The van der Waals surface area contributed by atoms with Crippen LogP contribution in [0.2, 0.25) is 0 Å². The molecule has 114 valence electrons. The van der Waals surface area contributed by atoms with Crippen LogP contribution in [0.15, 0.2) is 11.4 Å². The average molecular weight is 307 g/mol. The minimum absolute atomic E-state index is 0.0649. The van der Waals surface area contributed by atoms with E-state index in [0.29, 0.717) is 18.2 Å². The number of carbonyl (C=O) groups excluding carboxylic acids is 1. The lowest BCUT2D eigenvalue weighted by atomic mass is 10.2. The van der Waals surface area contributed by atoms with Gasteiger partial charge in [-0.15, -0.1) is 11.3 Å². The van der Waals surface area contributed by atoms with Gasteiger partial charge in [0.25, 0.3) is 5.91 Å². The fourth-order valence-corrected chi connectivity index (χ4v) is 3.04. The van der Waals surface area contributed by atoms with Gasteiger partial charge < -0.3 is 15.3 Å². The van der Waals surface area contributed by atoms with Crippen molar-refractivity contribution in [1.29, 1.82) is 0 Å². The quantitative estimate of drug-likeness (QED) is 0.776. The lowest BCUT2D eigenvalue weighted by Crippen LogP contribution is -2.54. The molecule has 0 aromatic carbocycles. The predicted octanol–water partition coefficient (Wildman–Crippen LogP) is 0.0675. The summed E-state index contributed by atoms with van der Waals surface area (Å²) < 4.78 is 0. The molecule has 1 unspecified atom stereocenters. The number of carbonyl (C=O) groups is 1. The van der Waals surface area contributed by atoms with Crippen LogP contribution in [-0.4, -0.2) is 73.7 Å². The van der Waals surface area contributed by atoms with Crippen LogP contribution in [0.25, 0.3) is 0 Å². The highest BCUT2D eigenvalue weighted by atomic mass is 32.1. The van der Waals surface area contributed by atoms with E-state index in [2.05, 4.69) is 41.1 Å². The van der Waals surface area contributed by atoms with Gasteiger partial charge in [-0.2, -0.15) is 0 Å². The first-order valence-electron chi connectivity index (χ1n) is 6.95. The number of hydrogen-bond donors (Lipinski definition) is 2. The third kappa shape index (κ3) is 4.55. The number of rotatable bonds is 3. The molecular formula is C15H21N3O2S. The summed E-state index contributed by atoms with van der Waals surface area (Å²) in [6.07, 6.45) is 0. The SMILES string of the molecule is CN1CCN(C)C(CNC(=O)c2csc(C#CCO)c2)C1. The second-order valence-corrected chi connectivity index (χ2v) is 6.18. The molecule has 0 aliphatic carbocycles. The van der Waals surface area contributed by atoms with Gasteiger partial charge in [-0.05, 0) is 20.2 Å². The molecule has 0 spiro atoms. The van der Waals surface area contributed by atoms with Crippen molar-refractivity contribution in [2.75, 3.05) is 46.9 Å². The van der Waals surface area contributed by atoms with Crippen LogP contribution < -0.4 is 5.32 Å². The maximum Gasteiger partial charge on any atom is 0.252 e. The number of likely N-dealkylation sites (N-methyl/N-ethyl adjacent to an activating group) is 2. The minimum Gasteiger partial charge on any atom is -0.384 e. The van der Waals surface area contributed by atoms with Crippen LogP contribution in [0.1, 0.15) is 15.2 Å². The monoisotopic (exact) mass is 307 g/mol. The normalized spacial score (nSPS) is 19.9. The van der Waals surface area contributed by atoms with Gasteiger partial charge in [0.1, 0.15) is 6.61 Å². The van der Waals surface area contributed by atoms with Crippen LogP contribution in [0.3, 0.4) is 0 Å². The summed E-state index contributed by atoms with van der Waals surface area (Å²) in [5.41, 5.74) is 0.633. The molecule has 1 atom stereocenters. The van der Waals surface area contributed by atoms with Crippen molar-refractivity contribution in [3.05, 3.63) is 21.9 Å². The molecular weight excluding hydrogens is 286 g/mol. The molecule has 2 N–H and O–H groups in total. The summed E-state index contributed by atoms with van der Waals surface area (Å²) in [7, 11) is 4.20. The lowest BCUT2D eigenvalue weighted by Gasteiger charge is -2.37. The van der Waals surface area contributed by atoms with E-state index in [4.69, 9.17) is 5.11 Å². The molecule has 2 rings (SSSR count). The third-order valence-electron chi connectivity index (χ3n) is 3.63. The lowest BCUT2D eigenvalue weighted by molar-refractivity contribution is 0.0881. The van der Waals surface area contributed by atoms with Gasteiger partial charge in [-0.3, -0.25) is 9.69 Å². The number of aliphatic hydroxyl groups excluding tert-OH is 1. The number of nitrogens with zero attached hydrogens (tertiary/aromatic N) is 2. The number of nitrogens with one attached hydrogen (secondary N) is 1. The molecule has 21 heavy (non-hydrogen) atoms. The fourth-order valence-electron chi connectivity index (χ4n) is 2.28. The Morgan fingerprint density at radius 1 is 1.52 bits per heavy atom. The van der Waals surface area contributed by atoms with Gasteiger partial charge in [0, 0.05) is 37.6 Å². The Kier molecular flexibility index (Phi) is 5.76. The number of thiophene rings is 1. The summed E-state index contributed by atoms with van der Waals surface area (Å²) in [6.45, 7) is 3.54. The van der Waals surface area contributed by atoms with E-state index in [9.17, 15) is 4.79 Å². The number of amides is 1. The molecule has 2 heterocycles. The van der Waals surface area contributed by atoms with Crippen LogP contribution in [0.5, 0.6) is 0 Å².